The molecule has 0 saturated heterocycles. The average Bonchev–Trinajstić information content (AvgIpc) is 3.49. The van der Waals surface area contributed by atoms with Gasteiger partial charge in [0.15, 0.2) is 35.0 Å². The Labute approximate surface area is 263 Å². The monoisotopic (exact) mass is 632 g/mol. The number of fused-ring (bicyclic) bond motifs is 2. The van der Waals surface area contributed by atoms with Gasteiger partial charge in [-0.25, -0.2) is 0 Å². The zero-order chi connectivity index (χ0) is 33.0. The molecule has 2 N–H and O–H groups in total. The first-order valence-corrected chi connectivity index (χ1v) is 14.1. The zero-order valence-corrected chi connectivity index (χ0v) is 25.8. The third kappa shape index (κ3) is 7.15. The van der Waals surface area contributed by atoms with Crippen LogP contribution in [0.25, 0.3) is 22.3 Å². The highest BCUT2D eigenvalue weighted by Crippen LogP contribution is 2.43. The molecule has 46 heavy (non-hydrogen) atoms. The quantitative estimate of drug-likeness (QED) is 0.240. The predicted molar refractivity (Wildman–Crippen MR) is 166 cm³/mol. The fourth-order valence-corrected chi connectivity index (χ4v) is 4.60. The van der Waals surface area contributed by atoms with E-state index in [0.717, 1.165) is 0 Å². The first kappa shape index (κ1) is 31.7. The minimum Gasteiger partial charge on any atom is -0.493 e. The minimum atomic E-state index is -0.707. The summed E-state index contributed by atoms with van der Waals surface area (Å²) in [6.07, 6.45) is 0. The van der Waals surface area contributed by atoms with E-state index in [9.17, 15) is 19.2 Å². The Morgan fingerprint density at radius 1 is 0.913 bits per heavy atom. The number of hydrogen-bond donors (Lipinski definition) is 2. The van der Waals surface area contributed by atoms with E-state index in [2.05, 4.69) is 10.6 Å². The van der Waals surface area contributed by atoms with Crippen LogP contribution < -0.4 is 39.7 Å². The Morgan fingerprint density at radius 3 is 2.43 bits per heavy atom. The Morgan fingerprint density at radius 2 is 1.70 bits per heavy atom. The number of ether oxygens (including phenoxy) is 6. The third-order valence-corrected chi connectivity index (χ3v) is 6.56. The molecule has 0 atom stereocenters. The van der Waals surface area contributed by atoms with Gasteiger partial charge in [0.1, 0.15) is 28.9 Å². The Kier molecular flexibility index (Phi) is 9.03. The van der Waals surface area contributed by atoms with Crippen LogP contribution in [0.4, 0.5) is 5.69 Å². The van der Waals surface area contributed by atoms with Crippen molar-refractivity contribution in [1.29, 1.82) is 0 Å². The van der Waals surface area contributed by atoms with Gasteiger partial charge in [-0.1, -0.05) is 12.1 Å². The van der Waals surface area contributed by atoms with Crippen molar-refractivity contribution in [2.75, 3.05) is 39.5 Å². The van der Waals surface area contributed by atoms with Crippen LogP contribution >= 0.6 is 0 Å². The molecule has 2 amide bonds. The first-order valence-electron chi connectivity index (χ1n) is 14.1. The summed E-state index contributed by atoms with van der Waals surface area (Å²) >= 11 is 0. The van der Waals surface area contributed by atoms with Crippen LogP contribution in [-0.4, -0.2) is 57.5 Å². The molecule has 1 aliphatic rings. The molecule has 2 heterocycles. The molecular formula is C33H32N2O11. The van der Waals surface area contributed by atoms with Gasteiger partial charge in [-0.3, -0.25) is 19.2 Å². The normalized spacial score (nSPS) is 11.9. The summed E-state index contributed by atoms with van der Waals surface area (Å²) in [6.45, 7) is 4.32. The lowest BCUT2D eigenvalue weighted by molar-refractivity contribution is -0.154. The van der Waals surface area contributed by atoms with E-state index in [1.165, 1.54) is 26.4 Å². The molecule has 1 aliphatic heterocycles. The standard InChI is InChI=1S/C33H32N2O11/c1-33(2,3)46-28(38)15-34-27(37)16-42-31-29-21(36)13-23(45-25(29)14-26(40-4)30(31)41-5)18-7-6-8-20(11-18)35-32(39)19-9-10-22-24(12-19)44-17-43-22/h6-14H,15-17H2,1-5H3,(H,34,37)(H,35,39). The molecule has 4 aromatic rings. The maximum Gasteiger partial charge on any atom is 0.325 e. The molecule has 240 valence electrons. The second-order valence-electron chi connectivity index (χ2n) is 11.0. The summed E-state index contributed by atoms with van der Waals surface area (Å²) in [5, 5.41) is 5.26. The highest BCUT2D eigenvalue weighted by atomic mass is 16.7. The van der Waals surface area contributed by atoms with Crippen molar-refractivity contribution < 1.29 is 47.2 Å². The summed E-state index contributed by atoms with van der Waals surface area (Å²) in [6, 6.07) is 14.4. The maximum absolute atomic E-state index is 13.5. The van der Waals surface area contributed by atoms with Gasteiger partial charge in [-0.2, -0.15) is 0 Å². The van der Waals surface area contributed by atoms with Crippen LogP contribution in [0.1, 0.15) is 31.1 Å². The van der Waals surface area contributed by atoms with Gasteiger partial charge in [0.25, 0.3) is 11.8 Å². The van der Waals surface area contributed by atoms with Gasteiger partial charge in [0.2, 0.25) is 12.5 Å². The summed E-state index contributed by atoms with van der Waals surface area (Å²) < 4.78 is 38.6. The van der Waals surface area contributed by atoms with Crippen LogP contribution in [-0.2, 0) is 14.3 Å². The number of hydrogen-bond acceptors (Lipinski definition) is 11. The Hall–Kier alpha value is -5.72. The molecule has 13 nitrogen and oxygen atoms in total. The lowest BCUT2D eigenvalue weighted by Crippen LogP contribution is -2.36. The molecule has 0 aliphatic carbocycles. The molecule has 5 rings (SSSR count). The van der Waals surface area contributed by atoms with Gasteiger partial charge in [-0.15, -0.1) is 0 Å². The van der Waals surface area contributed by atoms with Crippen molar-refractivity contribution in [1.82, 2.24) is 5.32 Å². The molecule has 0 saturated carbocycles. The van der Waals surface area contributed by atoms with Gasteiger partial charge >= 0.3 is 5.97 Å². The van der Waals surface area contributed by atoms with Crippen molar-refractivity contribution in [2.24, 2.45) is 0 Å². The maximum atomic E-state index is 13.5. The van der Waals surface area contributed by atoms with Gasteiger partial charge in [-0.05, 0) is 51.1 Å². The molecular weight excluding hydrogens is 600 g/mol. The molecule has 0 radical (unpaired) electrons. The summed E-state index contributed by atoms with van der Waals surface area (Å²) in [5.41, 5.74) is 0.230. The fourth-order valence-electron chi connectivity index (χ4n) is 4.60. The molecule has 1 aromatic heterocycles. The predicted octanol–water partition coefficient (Wildman–Crippen LogP) is 4.29. The van der Waals surface area contributed by atoms with Crippen molar-refractivity contribution in [3.8, 4) is 40.1 Å². The van der Waals surface area contributed by atoms with Crippen molar-refractivity contribution >= 4 is 34.4 Å². The van der Waals surface area contributed by atoms with Crippen LogP contribution in [0.5, 0.6) is 28.7 Å². The second-order valence-corrected chi connectivity index (χ2v) is 11.0. The van der Waals surface area contributed by atoms with Gasteiger partial charge in [0, 0.05) is 28.9 Å². The molecule has 3 aromatic carbocycles. The second kappa shape index (κ2) is 13.1. The van der Waals surface area contributed by atoms with Crippen molar-refractivity contribution in [3.63, 3.8) is 0 Å². The van der Waals surface area contributed by atoms with Crippen LogP contribution in [0.3, 0.4) is 0 Å². The topological polar surface area (TPSA) is 161 Å². The fraction of sp³-hybridized carbons (Fsp3) is 0.273. The number of amides is 2. The lowest BCUT2D eigenvalue weighted by Gasteiger charge is -2.19. The first-order chi connectivity index (χ1) is 22.0. The SMILES string of the molecule is COc1cc2oc(-c3cccc(NC(=O)c4ccc5c(c4)OCO5)c3)cc(=O)c2c(OCC(=O)NCC(=O)OC(C)(C)C)c1OC. The van der Waals surface area contributed by atoms with E-state index in [1.54, 1.807) is 63.2 Å². The van der Waals surface area contributed by atoms with E-state index in [1.807, 2.05) is 0 Å². The van der Waals surface area contributed by atoms with Gasteiger partial charge in [0.05, 0.1) is 14.2 Å². The number of anilines is 1. The molecule has 0 bridgehead atoms. The average molecular weight is 633 g/mol. The van der Waals surface area contributed by atoms with E-state index in [-0.39, 0.29) is 53.2 Å². The van der Waals surface area contributed by atoms with E-state index >= 15 is 0 Å². The highest BCUT2D eigenvalue weighted by molar-refractivity contribution is 6.05. The van der Waals surface area contributed by atoms with Crippen LogP contribution in [0, 0.1) is 0 Å². The Bertz CT molecular complexity index is 1870. The minimum absolute atomic E-state index is 0.00797. The number of methoxy groups -OCH3 is 2. The highest BCUT2D eigenvalue weighted by Gasteiger charge is 2.23. The molecule has 0 fully saturated rings. The largest absolute Gasteiger partial charge is 0.493 e. The number of nitrogens with one attached hydrogen (secondary N) is 2. The number of benzene rings is 3. The number of carbonyl (C=O) groups excluding carboxylic acids is 3. The number of rotatable bonds is 10. The Balaban J connectivity index is 1.39. The number of esters is 1. The van der Waals surface area contributed by atoms with Crippen molar-refractivity contribution in [3.05, 3.63) is 70.4 Å². The summed E-state index contributed by atoms with van der Waals surface area (Å²) in [5.74, 6) is -0.194. The van der Waals surface area contributed by atoms with Crippen molar-refractivity contribution in [2.45, 2.75) is 26.4 Å². The van der Waals surface area contributed by atoms with E-state index in [4.69, 9.17) is 32.8 Å². The molecule has 0 spiro atoms. The van der Waals surface area contributed by atoms with Gasteiger partial charge < -0.3 is 43.5 Å². The van der Waals surface area contributed by atoms with Crippen LogP contribution in [0.15, 0.2) is 63.8 Å². The third-order valence-electron chi connectivity index (χ3n) is 6.56. The van der Waals surface area contributed by atoms with E-state index < -0.39 is 29.5 Å². The zero-order valence-electron chi connectivity index (χ0n) is 25.8. The molecule has 0 unspecified atom stereocenters. The number of carbonyl (C=O) groups is 3. The molecule has 13 heteroatoms. The smallest absolute Gasteiger partial charge is 0.325 e. The van der Waals surface area contributed by atoms with Crippen LogP contribution in [0.2, 0.25) is 0 Å². The van der Waals surface area contributed by atoms with E-state index in [0.29, 0.717) is 28.3 Å². The lowest BCUT2D eigenvalue weighted by atomic mass is 10.1. The summed E-state index contributed by atoms with van der Waals surface area (Å²) in [7, 11) is 2.76. The summed E-state index contributed by atoms with van der Waals surface area (Å²) in [4.78, 5) is 50.9.